The number of carbonyl (C=O) groups is 2. The summed E-state index contributed by atoms with van der Waals surface area (Å²) in [6.45, 7) is 1.29. The summed E-state index contributed by atoms with van der Waals surface area (Å²) in [5, 5.41) is 0. The van der Waals surface area contributed by atoms with E-state index in [-0.39, 0.29) is 18.4 Å². The summed E-state index contributed by atoms with van der Waals surface area (Å²) in [7, 11) is 3.10. The number of benzene rings is 2. The van der Waals surface area contributed by atoms with Crippen LogP contribution < -0.4 is 9.47 Å². The van der Waals surface area contributed by atoms with E-state index >= 15 is 0 Å². The van der Waals surface area contributed by atoms with E-state index in [9.17, 15) is 9.59 Å². The van der Waals surface area contributed by atoms with Gasteiger partial charge in [-0.05, 0) is 47.4 Å². The molecule has 5 rings (SSSR count). The molecule has 33 heavy (non-hydrogen) atoms. The zero-order valence-electron chi connectivity index (χ0n) is 18.5. The molecule has 0 aliphatic carbocycles. The van der Waals surface area contributed by atoms with Gasteiger partial charge in [-0.2, -0.15) is 0 Å². The van der Waals surface area contributed by atoms with Crippen LogP contribution in [-0.4, -0.2) is 42.4 Å². The van der Waals surface area contributed by atoms with Crippen molar-refractivity contribution in [3.63, 3.8) is 0 Å². The summed E-state index contributed by atoms with van der Waals surface area (Å²) in [4.78, 5) is 30.5. The number of amides is 2. The van der Waals surface area contributed by atoms with E-state index in [2.05, 4.69) is 12.1 Å². The van der Waals surface area contributed by atoms with E-state index < -0.39 is 0 Å². The summed E-state index contributed by atoms with van der Waals surface area (Å²) in [6.07, 6.45) is 2.34. The lowest BCUT2D eigenvalue weighted by Crippen LogP contribution is -2.37. The van der Waals surface area contributed by atoms with Crippen molar-refractivity contribution in [3.05, 3.63) is 89.0 Å². The molecule has 0 saturated carbocycles. The Bertz CT molecular complexity index is 1250. The second-order valence-corrected chi connectivity index (χ2v) is 8.01. The van der Waals surface area contributed by atoms with Crippen LogP contribution >= 0.6 is 0 Å². The number of nitrogens with zero attached hydrogens (tertiary/aromatic N) is 2. The van der Waals surface area contributed by atoms with Gasteiger partial charge >= 0.3 is 0 Å². The molecule has 2 aromatic carbocycles. The quantitative estimate of drug-likeness (QED) is 0.541. The molecule has 2 aliphatic rings. The van der Waals surface area contributed by atoms with E-state index in [1.165, 1.54) is 16.7 Å². The Labute approximate surface area is 191 Å². The van der Waals surface area contributed by atoms with Gasteiger partial charge in [-0.3, -0.25) is 14.5 Å². The smallest absolute Gasteiger partial charge is 0.278 e. The van der Waals surface area contributed by atoms with Gasteiger partial charge in [-0.1, -0.05) is 30.3 Å². The molecule has 0 atom stereocenters. The largest absolute Gasteiger partial charge is 0.493 e. The number of furan rings is 1. The Morgan fingerprint density at radius 1 is 0.909 bits per heavy atom. The minimum atomic E-state index is -0.350. The van der Waals surface area contributed by atoms with E-state index in [0.717, 1.165) is 12.0 Å². The van der Waals surface area contributed by atoms with E-state index in [0.29, 0.717) is 47.2 Å². The maximum Gasteiger partial charge on any atom is 0.278 e. The van der Waals surface area contributed by atoms with Gasteiger partial charge in [0.2, 0.25) is 0 Å². The molecule has 0 fully saturated rings. The third-order valence-electron chi connectivity index (χ3n) is 6.16. The second-order valence-electron chi connectivity index (χ2n) is 8.01. The van der Waals surface area contributed by atoms with Crippen LogP contribution in [0.15, 0.2) is 71.0 Å². The first kappa shape index (κ1) is 20.9. The summed E-state index contributed by atoms with van der Waals surface area (Å²) in [5.41, 5.74) is 3.82. The minimum Gasteiger partial charge on any atom is -0.493 e. The molecule has 0 unspecified atom stereocenters. The Hall–Kier alpha value is -4.00. The highest BCUT2D eigenvalue weighted by atomic mass is 16.5. The van der Waals surface area contributed by atoms with Crippen LogP contribution in [-0.2, 0) is 29.1 Å². The first-order chi connectivity index (χ1) is 16.1. The van der Waals surface area contributed by atoms with Crippen LogP contribution in [0.5, 0.6) is 11.5 Å². The number of hydrogen-bond donors (Lipinski definition) is 0. The van der Waals surface area contributed by atoms with Crippen LogP contribution in [0, 0.1) is 0 Å². The number of methoxy groups -OCH3 is 2. The lowest BCUT2D eigenvalue weighted by molar-refractivity contribution is -0.138. The van der Waals surface area contributed by atoms with Crippen molar-refractivity contribution in [3.8, 4) is 11.5 Å². The molecular formula is C26H24N2O5. The zero-order valence-corrected chi connectivity index (χ0v) is 18.5. The minimum absolute atomic E-state index is 0.0788. The highest BCUT2D eigenvalue weighted by Gasteiger charge is 2.42. The standard InChI is InChI=1S/C26H24N2O5/c1-31-21-10-9-18(14-22(21)32-2)23-24(27-12-11-17-6-3-4-7-19(17)15-27)26(30)28(25(23)29)16-20-8-5-13-33-20/h3-10,13-14H,11-12,15-16H2,1-2H3. The lowest BCUT2D eigenvalue weighted by Gasteiger charge is -2.31. The van der Waals surface area contributed by atoms with Gasteiger partial charge in [0.05, 0.1) is 32.6 Å². The van der Waals surface area contributed by atoms with Crippen molar-refractivity contribution < 1.29 is 23.5 Å². The van der Waals surface area contributed by atoms with Gasteiger partial charge < -0.3 is 18.8 Å². The number of fused-ring (bicyclic) bond motifs is 1. The normalized spacial score (nSPS) is 15.8. The Kier molecular flexibility index (Phi) is 5.38. The predicted molar refractivity (Wildman–Crippen MR) is 121 cm³/mol. The Balaban J connectivity index is 1.59. The molecule has 0 saturated heterocycles. The molecule has 3 aromatic rings. The van der Waals surface area contributed by atoms with Gasteiger partial charge in [0, 0.05) is 13.1 Å². The molecule has 2 aliphatic heterocycles. The van der Waals surface area contributed by atoms with Crippen LogP contribution in [0.25, 0.3) is 5.57 Å². The molecule has 168 valence electrons. The zero-order chi connectivity index (χ0) is 22.9. The summed E-state index contributed by atoms with van der Waals surface area (Å²) in [5.74, 6) is 0.932. The third kappa shape index (κ3) is 3.65. The molecule has 0 bridgehead atoms. The van der Waals surface area contributed by atoms with Gasteiger partial charge in [-0.15, -0.1) is 0 Å². The van der Waals surface area contributed by atoms with Crippen molar-refractivity contribution in [1.29, 1.82) is 0 Å². The van der Waals surface area contributed by atoms with Crippen LogP contribution in [0.2, 0.25) is 0 Å². The molecule has 0 N–H and O–H groups in total. The Morgan fingerprint density at radius 2 is 1.70 bits per heavy atom. The average Bonchev–Trinajstić information content (AvgIpc) is 3.45. The number of ether oxygens (including phenoxy) is 2. The predicted octanol–water partition coefficient (Wildman–Crippen LogP) is 3.64. The fraction of sp³-hybridized carbons (Fsp3) is 0.231. The molecule has 7 heteroatoms. The summed E-state index contributed by atoms with van der Waals surface area (Å²) >= 11 is 0. The van der Waals surface area contributed by atoms with Crippen LogP contribution in [0.4, 0.5) is 0 Å². The number of imide groups is 1. The van der Waals surface area contributed by atoms with E-state index in [1.807, 2.05) is 17.0 Å². The van der Waals surface area contributed by atoms with Gasteiger partial charge in [-0.25, -0.2) is 0 Å². The highest BCUT2D eigenvalue weighted by Crippen LogP contribution is 2.38. The van der Waals surface area contributed by atoms with Gasteiger partial charge in [0.15, 0.2) is 11.5 Å². The highest BCUT2D eigenvalue weighted by molar-refractivity contribution is 6.35. The molecule has 0 radical (unpaired) electrons. The van der Waals surface area contributed by atoms with Crippen molar-refractivity contribution in [2.24, 2.45) is 0 Å². The fourth-order valence-corrected chi connectivity index (χ4v) is 4.50. The first-order valence-corrected chi connectivity index (χ1v) is 10.8. The van der Waals surface area contributed by atoms with Crippen LogP contribution in [0.3, 0.4) is 0 Å². The number of hydrogen-bond acceptors (Lipinski definition) is 6. The van der Waals surface area contributed by atoms with E-state index in [4.69, 9.17) is 13.9 Å². The van der Waals surface area contributed by atoms with Crippen molar-refractivity contribution >= 4 is 17.4 Å². The lowest BCUT2D eigenvalue weighted by atomic mass is 9.97. The summed E-state index contributed by atoms with van der Waals surface area (Å²) < 4.78 is 16.2. The SMILES string of the molecule is COc1ccc(C2=C(N3CCc4ccccc4C3)C(=O)N(Cc3ccco3)C2=O)cc1OC. The van der Waals surface area contributed by atoms with Crippen molar-refractivity contribution in [2.75, 3.05) is 20.8 Å². The fourth-order valence-electron chi connectivity index (χ4n) is 4.50. The molecular weight excluding hydrogens is 420 g/mol. The third-order valence-corrected chi connectivity index (χ3v) is 6.16. The first-order valence-electron chi connectivity index (χ1n) is 10.8. The molecule has 3 heterocycles. The number of carbonyl (C=O) groups excluding carboxylic acids is 2. The summed E-state index contributed by atoms with van der Waals surface area (Å²) in [6, 6.07) is 17.0. The van der Waals surface area contributed by atoms with E-state index in [1.54, 1.807) is 44.6 Å². The molecule has 7 nitrogen and oxygen atoms in total. The van der Waals surface area contributed by atoms with Crippen molar-refractivity contribution in [1.82, 2.24) is 9.80 Å². The second kappa shape index (κ2) is 8.50. The monoisotopic (exact) mass is 444 g/mol. The molecule has 2 amide bonds. The van der Waals surface area contributed by atoms with Crippen molar-refractivity contribution in [2.45, 2.75) is 19.5 Å². The number of rotatable bonds is 6. The molecule has 0 spiro atoms. The maximum absolute atomic E-state index is 13.6. The average molecular weight is 444 g/mol. The van der Waals surface area contributed by atoms with Gasteiger partial charge in [0.1, 0.15) is 11.5 Å². The Morgan fingerprint density at radius 3 is 2.42 bits per heavy atom. The maximum atomic E-state index is 13.6. The topological polar surface area (TPSA) is 72.2 Å². The van der Waals surface area contributed by atoms with Crippen LogP contribution in [0.1, 0.15) is 22.5 Å². The van der Waals surface area contributed by atoms with Gasteiger partial charge in [0.25, 0.3) is 11.8 Å². The molecule has 1 aromatic heterocycles.